The molecule has 14 heteroatoms. The molecule has 0 bridgehead atoms. The molecule has 0 aromatic heterocycles. The molecule has 2 saturated carbocycles. The molecule has 1 N–H and O–H groups in total. The molecule has 0 aliphatic heterocycles. The number of halogens is 9. The van der Waals surface area contributed by atoms with E-state index in [4.69, 9.17) is 34.8 Å². The zero-order valence-corrected chi connectivity index (χ0v) is 25.7. The van der Waals surface area contributed by atoms with Crippen LogP contribution in [0, 0.1) is 29.3 Å². The fraction of sp³-hybridized carbons (Fsp3) is 0.312. The number of nitrogens with one attached hydrogen (secondary N) is 1. The summed E-state index contributed by atoms with van der Waals surface area (Å²) in [5, 5.41) is 2.42. The molecule has 2 aliphatic rings. The third-order valence-electron chi connectivity index (χ3n) is 8.19. The number of Topliss-reactive ketones (excluding diaryl/α,β-unsaturated/α-hetero) is 3. The Kier molecular flexibility index (Phi) is 9.34. The first-order valence-electron chi connectivity index (χ1n) is 13.9. The number of rotatable bonds is 9. The zero-order chi connectivity index (χ0) is 33.7. The number of carbonyl (C=O) groups is 4. The number of hydrogen-bond acceptors (Lipinski definition) is 4. The van der Waals surface area contributed by atoms with Crippen molar-refractivity contribution in [1.29, 1.82) is 0 Å². The summed E-state index contributed by atoms with van der Waals surface area (Å²) in [4.78, 5) is 50.4. The van der Waals surface area contributed by atoms with Crippen molar-refractivity contribution >= 4 is 63.7 Å². The minimum Gasteiger partial charge on any atom is -0.326 e. The van der Waals surface area contributed by atoms with Crippen molar-refractivity contribution in [2.75, 3.05) is 5.32 Å². The summed E-state index contributed by atoms with van der Waals surface area (Å²) in [6.07, 6.45) is -5.60. The van der Waals surface area contributed by atoms with Gasteiger partial charge >= 0.3 is 6.18 Å². The molecule has 3 aromatic carbocycles. The largest absolute Gasteiger partial charge is 0.419 e. The lowest BCUT2D eigenvalue weighted by Crippen LogP contribution is -2.18. The second-order valence-electron chi connectivity index (χ2n) is 11.3. The van der Waals surface area contributed by atoms with Crippen molar-refractivity contribution in [3.63, 3.8) is 0 Å². The molecule has 0 radical (unpaired) electrons. The first-order valence-corrected chi connectivity index (χ1v) is 15.0. The molecule has 46 heavy (non-hydrogen) atoms. The van der Waals surface area contributed by atoms with Gasteiger partial charge in [-0.3, -0.25) is 19.2 Å². The van der Waals surface area contributed by atoms with Crippen LogP contribution in [0.25, 0.3) is 0 Å². The number of carbonyl (C=O) groups excluding carboxylic acids is 4. The van der Waals surface area contributed by atoms with E-state index in [1.807, 2.05) is 0 Å². The maximum Gasteiger partial charge on any atom is 0.419 e. The van der Waals surface area contributed by atoms with Gasteiger partial charge in [0, 0.05) is 54.3 Å². The molecule has 0 heterocycles. The molecule has 5 nitrogen and oxygen atoms in total. The summed E-state index contributed by atoms with van der Waals surface area (Å²) >= 11 is 18.7. The summed E-state index contributed by atoms with van der Waals surface area (Å²) in [5.74, 6) is -8.62. The lowest BCUT2D eigenvalue weighted by Gasteiger charge is -2.13. The number of ketones is 3. The standard InChI is InChI=1S/C32H22Cl3F6NO4/c33-22-6-4-17(42-30(46)28-27(31(28,34)35)15-2-8-24(37)21(10-15)32(39,40)41)12-19(22)26(45)11-16-3-7-23(36)20(29(16)38)13-25(44)14-1-5-18(43)9-14/h2-4,6-8,10,12,14,27-28H,1,5,9,11,13H2,(H,42,46)/t14?,27-,28+/m0/s1. The van der Waals surface area contributed by atoms with Gasteiger partial charge in [-0.25, -0.2) is 13.2 Å². The van der Waals surface area contributed by atoms with Gasteiger partial charge in [0.05, 0.1) is 16.5 Å². The SMILES string of the molecule is O=C1CCC(C(=O)Cc2c(F)ccc(CC(=O)c3cc(NC(=O)[C@H]4[C@H](c5ccc(F)c(C(F)(F)F)c5)C4(Cl)Cl)ccc3Cl)c2F)C1. The van der Waals surface area contributed by atoms with Crippen molar-refractivity contribution in [2.24, 2.45) is 11.8 Å². The van der Waals surface area contributed by atoms with Gasteiger partial charge in [-0.2, -0.15) is 13.2 Å². The van der Waals surface area contributed by atoms with E-state index in [1.54, 1.807) is 0 Å². The second-order valence-corrected chi connectivity index (χ2v) is 13.1. The van der Waals surface area contributed by atoms with E-state index < -0.39 is 87.2 Å². The van der Waals surface area contributed by atoms with Gasteiger partial charge in [-0.05, 0) is 53.9 Å². The lowest BCUT2D eigenvalue weighted by atomic mass is 9.93. The summed E-state index contributed by atoms with van der Waals surface area (Å²) in [6, 6.07) is 7.97. The fourth-order valence-electron chi connectivity index (χ4n) is 5.68. The Bertz CT molecular complexity index is 1780. The van der Waals surface area contributed by atoms with Crippen molar-refractivity contribution < 1.29 is 45.5 Å². The Morgan fingerprint density at radius 1 is 0.935 bits per heavy atom. The minimum atomic E-state index is -4.99. The van der Waals surface area contributed by atoms with Gasteiger partial charge in [0.1, 0.15) is 33.4 Å². The molecule has 1 unspecified atom stereocenters. The summed E-state index contributed by atoms with van der Waals surface area (Å²) in [7, 11) is 0. The van der Waals surface area contributed by atoms with Crippen LogP contribution in [0.2, 0.25) is 5.02 Å². The Morgan fingerprint density at radius 3 is 2.28 bits per heavy atom. The van der Waals surface area contributed by atoms with E-state index in [2.05, 4.69) is 5.32 Å². The molecule has 3 aromatic rings. The predicted octanol–water partition coefficient (Wildman–Crippen LogP) is 8.21. The van der Waals surface area contributed by atoms with Crippen molar-refractivity contribution in [1.82, 2.24) is 0 Å². The third-order valence-corrected chi connectivity index (χ3v) is 9.46. The van der Waals surface area contributed by atoms with Crippen LogP contribution in [0.3, 0.4) is 0 Å². The van der Waals surface area contributed by atoms with Gasteiger partial charge in [-0.1, -0.05) is 23.7 Å². The number of benzene rings is 3. The highest BCUT2D eigenvalue weighted by Gasteiger charge is 2.67. The molecule has 0 saturated heterocycles. The molecular weight excluding hydrogens is 683 g/mol. The van der Waals surface area contributed by atoms with Crippen molar-refractivity contribution in [2.45, 2.75) is 48.5 Å². The molecule has 3 atom stereocenters. The maximum absolute atomic E-state index is 15.3. The van der Waals surface area contributed by atoms with Crippen LogP contribution < -0.4 is 5.32 Å². The highest BCUT2D eigenvalue weighted by molar-refractivity contribution is 6.53. The monoisotopic (exact) mass is 703 g/mol. The Balaban J connectivity index is 1.31. The second kappa shape index (κ2) is 12.7. The van der Waals surface area contributed by atoms with Gasteiger partial charge < -0.3 is 5.32 Å². The summed E-state index contributed by atoms with van der Waals surface area (Å²) in [5.41, 5.74) is -2.49. The molecule has 2 fully saturated rings. The molecule has 2 aliphatic carbocycles. The first kappa shape index (κ1) is 33.9. The molecule has 5 rings (SSSR count). The molecule has 242 valence electrons. The van der Waals surface area contributed by atoms with Crippen LogP contribution in [0.1, 0.15) is 57.8 Å². The van der Waals surface area contributed by atoms with Crippen LogP contribution in [0.5, 0.6) is 0 Å². The van der Waals surface area contributed by atoms with Crippen LogP contribution in [-0.4, -0.2) is 27.6 Å². The predicted molar refractivity (Wildman–Crippen MR) is 158 cm³/mol. The van der Waals surface area contributed by atoms with E-state index in [9.17, 15) is 41.1 Å². The topological polar surface area (TPSA) is 80.3 Å². The van der Waals surface area contributed by atoms with Gasteiger partial charge in [0.2, 0.25) is 5.91 Å². The van der Waals surface area contributed by atoms with E-state index in [-0.39, 0.29) is 46.0 Å². The van der Waals surface area contributed by atoms with E-state index in [0.29, 0.717) is 18.6 Å². The summed E-state index contributed by atoms with van der Waals surface area (Å²) < 4.78 is 81.5. The fourth-order valence-corrected chi connectivity index (χ4v) is 6.73. The quantitative estimate of drug-likeness (QED) is 0.138. The number of amides is 1. The minimum absolute atomic E-state index is 0.0228. The van der Waals surface area contributed by atoms with Gasteiger partial charge in [0.25, 0.3) is 0 Å². The molecular formula is C32H22Cl3F6NO4. The Labute approximate surface area is 273 Å². The van der Waals surface area contributed by atoms with Crippen molar-refractivity contribution in [3.05, 3.63) is 98.8 Å². The molecule has 1 amide bonds. The van der Waals surface area contributed by atoms with Crippen LogP contribution >= 0.6 is 34.8 Å². The third kappa shape index (κ3) is 6.82. The van der Waals surface area contributed by atoms with Gasteiger partial charge in [-0.15, -0.1) is 23.2 Å². The normalized spacial score (nSPS) is 20.5. The molecule has 0 spiro atoms. The smallest absolute Gasteiger partial charge is 0.326 e. The first-order chi connectivity index (χ1) is 21.5. The van der Waals surface area contributed by atoms with Crippen LogP contribution in [-0.2, 0) is 33.4 Å². The van der Waals surface area contributed by atoms with E-state index >= 15 is 4.39 Å². The average molecular weight is 705 g/mol. The maximum atomic E-state index is 15.3. The Hall–Kier alpha value is -3.41. The number of anilines is 1. The van der Waals surface area contributed by atoms with E-state index in [1.165, 1.54) is 18.2 Å². The van der Waals surface area contributed by atoms with Crippen molar-refractivity contribution in [3.8, 4) is 0 Å². The highest BCUT2D eigenvalue weighted by atomic mass is 35.5. The lowest BCUT2D eigenvalue weighted by molar-refractivity contribution is -0.140. The number of hydrogen-bond donors (Lipinski definition) is 1. The van der Waals surface area contributed by atoms with Crippen LogP contribution in [0.4, 0.5) is 32.0 Å². The Morgan fingerprint density at radius 2 is 1.63 bits per heavy atom. The zero-order valence-electron chi connectivity index (χ0n) is 23.4. The van der Waals surface area contributed by atoms with Gasteiger partial charge in [0.15, 0.2) is 5.78 Å². The average Bonchev–Trinajstić information content (AvgIpc) is 3.29. The number of alkyl halides is 5. The van der Waals surface area contributed by atoms with E-state index in [0.717, 1.165) is 18.2 Å². The summed E-state index contributed by atoms with van der Waals surface area (Å²) in [6.45, 7) is 0. The van der Waals surface area contributed by atoms with Crippen LogP contribution in [0.15, 0.2) is 48.5 Å². The highest BCUT2D eigenvalue weighted by Crippen LogP contribution is 2.65.